The highest BCUT2D eigenvalue weighted by Gasteiger charge is 2.25. The van der Waals surface area contributed by atoms with Gasteiger partial charge < -0.3 is 14.8 Å². The second-order valence-corrected chi connectivity index (χ2v) is 4.58. The number of aromatic nitrogens is 2. The SMILES string of the molecule is CC(CNc1nccn1C1CC1)N(C)C. The number of nitrogens with one attached hydrogen (secondary N) is 1. The maximum absolute atomic E-state index is 4.34. The molecule has 0 spiro atoms. The lowest BCUT2D eigenvalue weighted by Gasteiger charge is -2.20. The summed E-state index contributed by atoms with van der Waals surface area (Å²) < 4.78 is 2.25. The molecule has 4 heteroatoms. The van der Waals surface area contributed by atoms with Gasteiger partial charge >= 0.3 is 0 Å². The van der Waals surface area contributed by atoms with Gasteiger partial charge in [0.25, 0.3) is 0 Å². The molecule has 4 nitrogen and oxygen atoms in total. The summed E-state index contributed by atoms with van der Waals surface area (Å²) >= 11 is 0. The smallest absolute Gasteiger partial charge is 0.203 e. The summed E-state index contributed by atoms with van der Waals surface area (Å²) in [4.78, 5) is 6.55. The van der Waals surface area contributed by atoms with Crippen molar-refractivity contribution in [1.82, 2.24) is 14.5 Å². The third-order valence-corrected chi connectivity index (χ3v) is 3.05. The van der Waals surface area contributed by atoms with Crippen molar-refractivity contribution in [2.75, 3.05) is 26.0 Å². The van der Waals surface area contributed by atoms with Gasteiger partial charge in [0.2, 0.25) is 5.95 Å². The van der Waals surface area contributed by atoms with Gasteiger partial charge in [-0.25, -0.2) is 4.98 Å². The van der Waals surface area contributed by atoms with Gasteiger partial charge in [0.1, 0.15) is 0 Å². The molecule has 0 bridgehead atoms. The largest absolute Gasteiger partial charge is 0.354 e. The Kier molecular flexibility index (Phi) is 2.95. The van der Waals surface area contributed by atoms with Gasteiger partial charge in [-0.2, -0.15) is 0 Å². The van der Waals surface area contributed by atoms with E-state index in [-0.39, 0.29) is 0 Å². The summed E-state index contributed by atoms with van der Waals surface area (Å²) in [7, 11) is 4.19. The molecule has 1 heterocycles. The van der Waals surface area contributed by atoms with E-state index in [1.807, 2.05) is 6.20 Å². The Labute approximate surface area is 91.3 Å². The predicted octanol–water partition coefficient (Wildman–Crippen LogP) is 1.58. The summed E-state index contributed by atoms with van der Waals surface area (Å²) in [6.07, 6.45) is 6.55. The quantitative estimate of drug-likeness (QED) is 0.797. The molecule has 1 N–H and O–H groups in total. The topological polar surface area (TPSA) is 33.1 Å². The van der Waals surface area contributed by atoms with Crippen molar-refractivity contribution in [3.05, 3.63) is 12.4 Å². The van der Waals surface area contributed by atoms with Crippen molar-refractivity contribution >= 4 is 5.95 Å². The summed E-state index contributed by atoms with van der Waals surface area (Å²) in [5.74, 6) is 1.02. The maximum Gasteiger partial charge on any atom is 0.203 e. The fourth-order valence-electron chi connectivity index (χ4n) is 1.52. The van der Waals surface area contributed by atoms with Crippen molar-refractivity contribution in [2.24, 2.45) is 0 Å². The zero-order valence-corrected chi connectivity index (χ0v) is 9.77. The molecule has 1 fully saturated rings. The Hall–Kier alpha value is -1.03. The van der Waals surface area contributed by atoms with Gasteiger partial charge in [0, 0.05) is 31.0 Å². The highest BCUT2D eigenvalue weighted by molar-refractivity contribution is 5.28. The van der Waals surface area contributed by atoms with Crippen molar-refractivity contribution in [3.63, 3.8) is 0 Å². The minimum atomic E-state index is 0.523. The molecule has 1 aliphatic carbocycles. The highest BCUT2D eigenvalue weighted by atomic mass is 15.2. The van der Waals surface area contributed by atoms with Crippen LogP contribution in [0.15, 0.2) is 12.4 Å². The molecule has 84 valence electrons. The number of likely N-dealkylation sites (N-methyl/N-ethyl adjacent to an activating group) is 1. The first-order chi connectivity index (χ1) is 7.18. The van der Waals surface area contributed by atoms with E-state index in [9.17, 15) is 0 Å². The molecule has 0 amide bonds. The lowest BCUT2D eigenvalue weighted by molar-refractivity contribution is 0.325. The third-order valence-electron chi connectivity index (χ3n) is 3.05. The molecule has 2 rings (SSSR count). The normalized spacial score (nSPS) is 18.1. The number of rotatable bonds is 5. The Balaban J connectivity index is 1.90. The maximum atomic E-state index is 4.34. The lowest BCUT2D eigenvalue weighted by Crippen LogP contribution is -2.32. The predicted molar refractivity (Wildman–Crippen MR) is 62.1 cm³/mol. The molecule has 1 atom stereocenters. The van der Waals surface area contributed by atoms with Gasteiger partial charge in [-0.1, -0.05) is 0 Å². The van der Waals surface area contributed by atoms with Gasteiger partial charge in [-0.15, -0.1) is 0 Å². The number of hydrogen-bond donors (Lipinski definition) is 1. The first-order valence-electron chi connectivity index (χ1n) is 5.61. The molecule has 1 aromatic heterocycles. The summed E-state index contributed by atoms with van der Waals surface area (Å²) in [5, 5.41) is 3.41. The second-order valence-electron chi connectivity index (χ2n) is 4.58. The molecule has 1 aromatic rings. The van der Waals surface area contributed by atoms with Crippen LogP contribution in [0.5, 0.6) is 0 Å². The van der Waals surface area contributed by atoms with Gasteiger partial charge in [-0.05, 0) is 33.9 Å². The molecule has 1 saturated carbocycles. The van der Waals surface area contributed by atoms with Crippen LogP contribution in [0, 0.1) is 0 Å². The first kappa shape index (κ1) is 10.5. The van der Waals surface area contributed by atoms with Crippen molar-refractivity contribution in [1.29, 1.82) is 0 Å². The van der Waals surface area contributed by atoms with Crippen LogP contribution in [-0.4, -0.2) is 41.1 Å². The van der Waals surface area contributed by atoms with Crippen molar-refractivity contribution in [3.8, 4) is 0 Å². The Morgan fingerprint density at radius 3 is 2.93 bits per heavy atom. The number of hydrogen-bond acceptors (Lipinski definition) is 3. The first-order valence-corrected chi connectivity index (χ1v) is 5.61. The van der Waals surface area contributed by atoms with Crippen LogP contribution in [0.3, 0.4) is 0 Å². The molecule has 0 saturated heterocycles. The average Bonchev–Trinajstić information content (AvgIpc) is 2.94. The van der Waals surface area contributed by atoms with E-state index in [4.69, 9.17) is 0 Å². The Morgan fingerprint density at radius 1 is 1.60 bits per heavy atom. The molecule has 15 heavy (non-hydrogen) atoms. The standard InChI is InChI=1S/C11H20N4/c1-9(14(2)3)8-13-11-12-6-7-15(11)10-4-5-10/h6-7,9-10H,4-5,8H2,1-3H3,(H,12,13). The fourth-order valence-corrected chi connectivity index (χ4v) is 1.52. The number of nitrogens with zero attached hydrogens (tertiary/aromatic N) is 3. The van der Waals surface area contributed by atoms with Crippen LogP contribution < -0.4 is 5.32 Å². The Morgan fingerprint density at radius 2 is 2.33 bits per heavy atom. The van der Waals surface area contributed by atoms with E-state index in [2.05, 4.69) is 47.0 Å². The van der Waals surface area contributed by atoms with Gasteiger partial charge in [0.05, 0.1) is 0 Å². The summed E-state index contributed by atoms with van der Waals surface area (Å²) in [5.41, 5.74) is 0. The molecular formula is C11H20N4. The van der Waals surface area contributed by atoms with Crippen LogP contribution in [0.25, 0.3) is 0 Å². The van der Waals surface area contributed by atoms with Crippen LogP contribution >= 0.6 is 0 Å². The number of imidazole rings is 1. The van der Waals surface area contributed by atoms with Crippen LogP contribution in [0.2, 0.25) is 0 Å². The average molecular weight is 208 g/mol. The van der Waals surface area contributed by atoms with Crippen molar-refractivity contribution in [2.45, 2.75) is 31.8 Å². The minimum Gasteiger partial charge on any atom is -0.354 e. The zero-order valence-electron chi connectivity index (χ0n) is 9.77. The molecule has 0 radical (unpaired) electrons. The van der Waals surface area contributed by atoms with E-state index < -0.39 is 0 Å². The van der Waals surface area contributed by atoms with E-state index >= 15 is 0 Å². The second kappa shape index (κ2) is 4.23. The van der Waals surface area contributed by atoms with E-state index in [1.165, 1.54) is 12.8 Å². The monoisotopic (exact) mass is 208 g/mol. The van der Waals surface area contributed by atoms with Crippen LogP contribution in [-0.2, 0) is 0 Å². The van der Waals surface area contributed by atoms with Crippen molar-refractivity contribution < 1.29 is 0 Å². The zero-order chi connectivity index (χ0) is 10.8. The van der Waals surface area contributed by atoms with E-state index in [0.29, 0.717) is 12.1 Å². The molecular weight excluding hydrogens is 188 g/mol. The molecule has 0 aromatic carbocycles. The summed E-state index contributed by atoms with van der Waals surface area (Å²) in [6, 6.07) is 1.22. The number of anilines is 1. The van der Waals surface area contributed by atoms with E-state index in [1.54, 1.807) is 0 Å². The van der Waals surface area contributed by atoms with Crippen LogP contribution in [0.4, 0.5) is 5.95 Å². The van der Waals surface area contributed by atoms with Crippen LogP contribution in [0.1, 0.15) is 25.8 Å². The van der Waals surface area contributed by atoms with Gasteiger partial charge in [-0.3, -0.25) is 0 Å². The highest BCUT2D eigenvalue weighted by Crippen LogP contribution is 2.36. The minimum absolute atomic E-state index is 0.523. The Bertz CT molecular complexity index is 314. The molecule has 1 unspecified atom stereocenters. The molecule has 1 aliphatic rings. The summed E-state index contributed by atoms with van der Waals surface area (Å²) in [6.45, 7) is 3.15. The fraction of sp³-hybridized carbons (Fsp3) is 0.727. The van der Waals surface area contributed by atoms with E-state index in [0.717, 1.165) is 12.5 Å². The van der Waals surface area contributed by atoms with Gasteiger partial charge in [0.15, 0.2) is 0 Å². The molecule has 0 aliphatic heterocycles. The lowest BCUT2D eigenvalue weighted by atomic mass is 10.3. The third kappa shape index (κ3) is 2.50.